The molecule has 0 bridgehead atoms. The smallest absolute Gasteiger partial charge is 0.343 e. The van der Waals surface area contributed by atoms with Crippen molar-refractivity contribution in [1.29, 1.82) is 0 Å². The Balaban J connectivity index is 1.60. The fourth-order valence-electron chi connectivity index (χ4n) is 2.77. The molecule has 1 amide bonds. The number of nitrogens with one attached hydrogen (secondary N) is 1. The van der Waals surface area contributed by atoms with Crippen molar-refractivity contribution in [2.45, 2.75) is 20.0 Å². The quantitative estimate of drug-likeness (QED) is 0.549. The molecule has 0 spiro atoms. The molecule has 0 fully saturated rings. The second kappa shape index (κ2) is 9.73. The van der Waals surface area contributed by atoms with E-state index in [9.17, 15) is 14.0 Å². The van der Waals surface area contributed by atoms with Gasteiger partial charge >= 0.3 is 5.97 Å². The Labute approximate surface area is 182 Å². The van der Waals surface area contributed by atoms with Crippen LogP contribution in [0.5, 0.6) is 0 Å². The second-order valence-electron chi connectivity index (χ2n) is 6.44. The number of aromatic nitrogens is 2. The molecule has 1 heterocycles. The van der Waals surface area contributed by atoms with Crippen molar-refractivity contribution >= 4 is 35.1 Å². The molecule has 1 aromatic heterocycles. The van der Waals surface area contributed by atoms with Crippen molar-refractivity contribution in [2.75, 3.05) is 6.61 Å². The normalized spacial score (nSPS) is 10.7. The fraction of sp³-hybridized carbons (Fsp3) is 0.190. The molecule has 2 aromatic carbocycles. The van der Waals surface area contributed by atoms with E-state index in [-0.39, 0.29) is 23.8 Å². The summed E-state index contributed by atoms with van der Waals surface area (Å²) in [5, 5.41) is 7.40. The van der Waals surface area contributed by atoms with Crippen LogP contribution in [0.25, 0.3) is 0 Å². The Morgan fingerprint density at radius 1 is 1.10 bits per heavy atom. The first-order valence-corrected chi connectivity index (χ1v) is 9.76. The standard InChI is InChI=1S/C21H18Cl2FN3O3/c1-13-19(20(23)27(26-13)11-15-7-2-4-8-16(15)22)21(29)30-12-18(28)25-10-14-6-3-5-9-17(14)24/h2-9H,10-12H2,1H3,(H,25,28). The van der Waals surface area contributed by atoms with Crippen molar-refractivity contribution in [3.05, 3.63) is 86.9 Å². The molecule has 0 saturated carbocycles. The van der Waals surface area contributed by atoms with Crippen LogP contribution in [-0.2, 0) is 22.6 Å². The lowest BCUT2D eigenvalue weighted by atomic mass is 10.2. The highest BCUT2D eigenvalue weighted by Crippen LogP contribution is 2.24. The van der Waals surface area contributed by atoms with E-state index >= 15 is 0 Å². The van der Waals surface area contributed by atoms with E-state index in [1.807, 2.05) is 18.2 Å². The van der Waals surface area contributed by atoms with E-state index in [1.165, 1.54) is 10.7 Å². The third-order valence-corrected chi connectivity index (χ3v) is 5.07. The molecule has 156 valence electrons. The number of aryl methyl sites for hydroxylation is 1. The summed E-state index contributed by atoms with van der Waals surface area (Å²) in [6.07, 6.45) is 0. The number of carbonyl (C=O) groups is 2. The Morgan fingerprint density at radius 2 is 1.77 bits per heavy atom. The predicted octanol–water partition coefficient (Wildman–Crippen LogP) is 4.16. The molecule has 0 aliphatic heterocycles. The lowest BCUT2D eigenvalue weighted by Crippen LogP contribution is -2.28. The first kappa shape index (κ1) is 21.8. The summed E-state index contributed by atoms with van der Waals surface area (Å²) in [5.74, 6) is -1.77. The summed E-state index contributed by atoms with van der Waals surface area (Å²) in [4.78, 5) is 24.4. The van der Waals surface area contributed by atoms with Crippen LogP contribution in [0.2, 0.25) is 10.2 Å². The van der Waals surface area contributed by atoms with E-state index in [0.29, 0.717) is 16.3 Å². The summed E-state index contributed by atoms with van der Waals surface area (Å²) in [6.45, 7) is 1.34. The lowest BCUT2D eigenvalue weighted by molar-refractivity contribution is -0.124. The maximum absolute atomic E-state index is 13.6. The largest absolute Gasteiger partial charge is 0.452 e. The van der Waals surface area contributed by atoms with E-state index < -0.39 is 24.3 Å². The molecule has 0 aliphatic carbocycles. The number of halogens is 3. The van der Waals surface area contributed by atoms with Gasteiger partial charge in [-0.2, -0.15) is 5.10 Å². The van der Waals surface area contributed by atoms with Gasteiger partial charge in [-0.1, -0.05) is 59.6 Å². The first-order chi connectivity index (χ1) is 14.4. The second-order valence-corrected chi connectivity index (χ2v) is 7.21. The van der Waals surface area contributed by atoms with Crippen LogP contribution in [0, 0.1) is 12.7 Å². The molecule has 0 aliphatic rings. The molecule has 0 unspecified atom stereocenters. The van der Waals surface area contributed by atoms with Gasteiger partial charge in [0.1, 0.15) is 16.5 Å². The Kier molecular flexibility index (Phi) is 7.07. The van der Waals surface area contributed by atoms with Gasteiger partial charge in [-0.15, -0.1) is 0 Å². The van der Waals surface area contributed by atoms with Crippen LogP contribution in [0.15, 0.2) is 48.5 Å². The van der Waals surface area contributed by atoms with E-state index in [0.717, 1.165) is 5.56 Å². The number of hydrogen-bond donors (Lipinski definition) is 1. The molecule has 0 radical (unpaired) electrons. The number of nitrogens with zero attached hydrogens (tertiary/aromatic N) is 2. The summed E-state index contributed by atoms with van der Waals surface area (Å²) in [7, 11) is 0. The van der Waals surface area contributed by atoms with E-state index in [4.69, 9.17) is 27.9 Å². The molecule has 1 N–H and O–H groups in total. The van der Waals surface area contributed by atoms with Gasteiger partial charge < -0.3 is 10.1 Å². The van der Waals surface area contributed by atoms with Crippen molar-refractivity contribution in [1.82, 2.24) is 15.1 Å². The van der Waals surface area contributed by atoms with Gasteiger partial charge in [0, 0.05) is 17.1 Å². The summed E-state index contributed by atoms with van der Waals surface area (Å²) in [6, 6.07) is 13.3. The van der Waals surface area contributed by atoms with Crippen LogP contribution in [-0.4, -0.2) is 28.3 Å². The predicted molar refractivity (Wildman–Crippen MR) is 111 cm³/mol. The van der Waals surface area contributed by atoms with Gasteiger partial charge in [0.2, 0.25) is 0 Å². The van der Waals surface area contributed by atoms with Gasteiger partial charge in [-0.05, 0) is 24.6 Å². The zero-order chi connectivity index (χ0) is 21.7. The van der Waals surface area contributed by atoms with Crippen LogP contribution in [0.4, 0.5) is 4.39 Å². The van der Waals surface area contributed by atoms with Crippen molar-refractivity contribution < 1.29 is 18.7 Å². The molecule has 6 nitrogen and oxygen atoms in total. The zero-order valence-electron chi connectivity index (χ0n) is 16.0. The SMILES string of the molecule is Cc1nn(Cc2ccccc2Cl)c(Cl)c1C(=O)OCC(=O)NCc1ccccc1F. The molecular weight excluding hydrogens is 432 g/mol. The number of hydrogen-bond acceptors (Lipinski definition) is 4. The minimum atomic E-state index is -0.774. The maximum atomic E-state index is 13.6. The molecule has 3 rings (SSSR count). The molecule has 9 heteroatoms. The number of carbonyl (C=O) groups excluding carboxylic acids is 2. The molecule has 0 saturated heterocycles. The number of esters is 1. The van der Waals surface area contributed by atoms with Gasteiger partial charge in [-0.25, -0.2) is 13.9 Å². The highest BCUT2D eigenvalue weighted by molar-refractivity contribution is 6.33. The third kappa shape index (κ3) is 5.17. The maximum Gasteiger partial charge on any atom is 0.343 e. The zero-order valence-corrected chi connectivity index (χ0v) is 17.5. The van der Waals surface area contributed by atoms with Crippen LogP contribution >= 0.6 is 23.2 Å². The van der Waals surface area contributed by atoms with Crippen LogP contribution < -0.4 is 5.32 Å². The highest BCUT2D eigenvalue weighted by atomic mass is 35.5. The number of benzene rings is 2. The van der Waals surface area contributed by atoms with Gasteiger partial charge in [-0.3, -0.25) is 4.79 Å². The summed E-state index contributed by atoms with van der Waals surface area (Å²) >= 11 is 12.5. The Hall–Kier alpha value is -2.90. The van der Waals surface area contributed by atoms with Crippen molar-refractivity contribution in [2.24, 2.45) is 0 Å². The summed E-state index contributed by atoms with van der Waals surface area (Å²) < 4.78 is 20.1. The third-order valence-electron chi connectivity index (χ3n) is 4.32. The van der Waals surface area contributed by atoms with Crippen LogP contribution in [0.1, 0.15) is 27.2 Å². The molecule has 0 atom stereocenters. The molecule has 30 heavy (non-hydrogen) atoms. The van der Waals surface area contributed by atoms with E-state index in [2.05, 4.69) is 10.4 Å². The van der Waals surface area contributed by atoms with Gasteiger partial charge in [0.25, 0.3) is 5.91 Å². The minimum Gasteiger partial charge on any atom is -0.452 e. The molecular formula is C21H18Cl2FN3O3. The van der Waals surface area contributed by atoms with Gasteiger partial charge in [0.15, 0.2) is 6.61 Å². The fourth-order valence-corrected chi connectivity index (χ4v) is 3.27. The Bertz CT molecular complexity index is 1090. The lowest BCUT2D eigenvalue weighted by Gasteiger charge is -2.08. The number of amides is 1. The minimum absolute atomic E-state index is 0.0153. The highest BCUT2D eigenvalue weighted by Gasteiger charge is 2.23. The average molecular weight is 450 g/mol. The monoisotopic (exact) mass is 449 g/mol. The van der Waals surface area contributed by atoms with Crippen molar-refractivity contribution in [3.8, 4) is 0 Å². The van der Waals surface area contributed by atoms with Gasteiger partial charge in [0.05, 0.1) is 12.2 Å². The van der Waals surface area contributed by atoms with Crippen LogP contribution in [0.3, 0.4) is 0 Å². The average Bonchev–Trinajstić information content (AvgIpc) is 3.00. The molecule has 3 aromatic rings. The summed E-state index contributed by atoms with van der Waals surface area (Å²) in [5.41, 5.74) is 1.56. The topological polar surface area (TPSA) is 73.2 Å². The van der Waals surface area contributed by atoms with E-state index in [1.54, 1.807) is 31.2 Å². The Morgan fingerprint density at radius 3 is 2.47 bits per heavy atom. The number of ether oxygens (including phenoxy) is 1. The van der Waals surface area contributed by atoms with Crippen molar-refractivity contribution in [3.63, 3.8) is 0 Å². The number of rotatable bonds is 7. The first-order valence-electron chi connectivity index (χ1n) is 9.00.